The van der Waals surface area contributed by atoms with Crippen LogP contribution in [0.1, 0.15) is 21.5 Å². The first-order chi connectivity index (χ1) is 14.5. The minimum Gasteiger partial charge on any atom is -0.478 e. The zero-order valence-corrected chi connectivity index (χ0v) is 15.5. The molecule has 3 rings (SSSR count). The standard InChI is InChI=1S/C22H14F6O3/c23-21(24,25)20(22(26,27)28,15-12-10-14(11-13-15)19(29)30)17-8-4-5-9-18(17)31-16-6-2-1-3-7-16/h1-13H,(H,29,30). The van der Waals surface area contributed by atoms with Crippen molar-refractivity contribution in [1.82, 2.24) is 0 Å². The van der Waals surface area contributed by atoms with Crippen molar-refractivity contribution in [2.24, 2.45) is 0 Å². The molecule has 0 atom stereocenters. The summed E-state index contributed by atoms with van der Waals surface area (Å²) in [5.41, 5.74) is -7.25. The second-order valence-electron chi connectivity index (χ2n) is 6.54. The van der Waals surface area contributed by atoms with Gasteiger partial charge in [0.15, 0.2) is 0 Å². The first kappa shape index (κ1) is 22.2. The highest BCUT2D eigenvalue weighted by atomic mass is 19.4. The smallest absolute Gasteiger partial charge is 0.411 e. The quantitative estimate of drug-likeness (QED) is 0.456. The van der Waals surface area contributed by atoms with Crippen LogP contribution in [0.5, 0.6) is 11.5 Å². The molecule has 0 radical (unpaired) electrons. The van der Waals surface area contributed by atoms with Crippen molar-refractivity contribution in [3.63, 3.8) is 0 Å². The van der Waals surface area contributed by atoms with Crippen molar-refractivity contribution in [3.05, 3.63) is 95.6 Å². The van der Waals surface area contributed by atoms with E-state index in [1.54, 1.807) is 6.07 Å². The Balaban J connectivity index is 2.32. The third kappa shape index (κ3) is 3.95. The summed E-state index contributed by atoms with van der Waals surface area (Å²) in [6.45, 7) is 0. The molecule has 0 aliphatic rings. The van der Waals surface area contributed by atoms with Gasteiger partial charge < -0.3 is 9.84 Å². The van der Waals surface area contributed by atoms with Crippen molar-refractivity contribution in [2.75, 3.05) is 0 Å². The highest BCUT2D eigenvalue weighted by Gasteiger charge is 2.73. The van der Waals surface area contributed by atoms with Crippen LogP contribution in [0.25, 0.3) is 0 Å². The summed E-state index contributed by atoms with van der Waals surface area (Å²) in [6, 6.07) is 13.9. The SMILES string of the molecule is O=C(O)c1ccc(C(c2ccccc2Oc2ccccc2)(C(F)(F)F)C(F)(F)F)cc1. The second kappa shape index (κ2) is 7.98. The molecular weight excluding hydrogens is 426 g/mol. The van der Waals surface area contributed by atoms with E-state index in [1.807, 2.05) is 0 Å². The average molecular weight is 440 g/mol. The van der Waals surface area contributed by atoms with E-state index in [9.17, 15) is 31.1 Å². The van der Waals surface area contributed by atoms with Gasteiger partial charge in [0, 0.05) is 5.56 Å². The molecule has 0 aliphatic heterocycles. The molecule has 1 N–H and O–H groups in total. The third-order valence-corrected chi connectivity index (χ3v) is 4.68. The van der Waals surface area contributed by atoms with Crippen LogP contribution in [-0.2, 0) is 5.41 Å². The molecule has 0 spiro atoms. The molecule has 3 nitrogen and oxygen atoms in total. The molecule has 0 aliphatic carbocycles. The number of alkyl halides is 6. The predicted molar refractivity (Wildman–Crippen MR) is 99.2 cm³/mol. The third-order valence-electron chi connectivity index (χ3n) is 4.68. The van der Waals surface area contributed by atoms with Gasteiger partial charge in [0.05, 0.1) is 5.56 Å². The number of rotatable bonds is 5. The number of aromatic carboxylic acids is 1. The van der Waals surface area contributed by atoms with Crippen LogP contribution in [0.2, 0.25) is 0 Å². The van der Waals surface area contributed by atoms with Gasteiger partial charge in [0.1, 0.15) is 11.5 Å². The lowest BCUT2D eigenvalue weighted by Gasteiger charge is -2.39. The lowest BCUT2D eigenvalue weighted by atomic mass is 9.72. The van der Waals surface area contributed by atoms with Gasteiger partial charge in [-0.1, -0.05) is 48.5 Å². The molecule has 0 unspecified atom stereocenters. The Morgan fingerprint density at radius 1 is 0.710 bits per heavy atom. The van der Waals surface area contributed by atoms with Gasteiger partial charge in [-0.2, -0.15) is 26.3 Å². The normalized spacial score (nSPS) is 12.5. The second-order valence-corrected chi connectivity index (χ2v) is 6.54. The van der Waals surface area contributed by atoms with E-state index in [0.717, 1.165) is 12.1 Å². The number of hydrogen-bond acceptors (Lipinski definition) is 2. The van der Waals surface area contributed by atoms with Crippen molar-refractivity contribution in [2.45, 2.75) is 17.8 Å². The molecule has 0 saturated carbocycles. The van der Waals surface area contributed by atoms with E-state index < -0.39 is 46.2 Å². The molecule has 0 bridgehead atoms. The lowest BCUT2D eigenvalue weighted by molar-refractivity contribution is -0.288. The van der Waals surface area contributed by atoms with Gasteiger partial charge in [-0.3, -0.25) is 0 Å². The maximum atomic E-state index is 14.3. The highest BCUT2D eigenvalue weighted by Crippen LogP contribution is 2.58. The van der Waals surface area contributed by atoms with Crippen LogP contribution in [0.3, 0.4) is 0 Å². The predicted octanol–water partition coefficient (Wildman–Crippen LogP) is 6.59. The lowest BCUT2D eigenvalue weighted by Crippen LogP contribution is -2.54. The van der Waals surface area contributed by atoms with E-state index >= 15 is 0 Å². The fourth-order valence-corrected chi connectivity index (χ4v) is 3.29. The molecule has 3 aromatic rings. The fourth-order valence-electron chi connectivity index (χ4n) is 3.29. The van der Waals surface area contributed by atoms with Gasteiger partial charge in [-0.15, -0.1) is 0 Å². The first-order valence-electron chi connectivity index (χ1n) is 8.78. The molecule has 0 fully saturated rings. The topological polar surface area (TPSA) is 46.5 Å². The van der Waals surface area contributed by atoms with E-state index in [2.05, 4.69) is 0 Å². The zero-order chi connectivity index (χ0) is 22.9. The summed E-state index contributed by atoms with van der Waals surface area (Å²) >= 11 is 0. The number of benzene rings is 3. The summed E-state index contributed by atoms with van der Waals surface area (Å²) in [7, 11) is 0. The van der Waals surface area contributed by atoms with Gasteiger partial charge in [0.2, 0.25) is 5.41 Å². The van der Waals surface area contributed by atoms with Gasteiger partial charge in [0.25, 0.3) is 0 Å². The Bertz CT molecular complexity index is 1040. The summed E-state index contributed by atoms with van der Waals surface area (Å²) in [4.78, 5) is 11.0. The molecule has 162 valence electrons. The first-order valence-corrected chi connectivity index (χ1v) is 8.78. The average Bonchev–Trinajstić information content (AvgIpc) is 2.69. The van der Waals surface area contributed by atoms with Crippen LogP contribution in [0, 0.1) is 0 Å². The summed E-state index contributed by atoms with van der Waals surface area (Å²) in [6.07, 6.45) is -11.7. The van der Waals surface area contributed by atoms with E-state index in [1.165, 1.54) is 30.3 Å². The van der Waals surface area contributed by atoms with Crippen molar-refractivity contribution < 1.29 is 41.0 Å². The maximum absolute atomic E-state index is 14.3. The van der Waals surface area contributed by atoms with Gasteiger partial charge in [-0.25, -0.2) is 4.79 Å². The largest absolute Gasteiger partial charge is 0.478 e. The van der Waals surface area contributed by atoms with Gasteiger partial charge in [-0.05, 0) is 35.9 Å². The van der Waals surface area contributed by atoms with Crippen molar-refractivity contribution in [1.29, 1.82) is 0 Å². The molecule has 0 aromatic heterocycles. The maximum Gasteiger partial charge on any atom is 0.411 e. The number of halogens is 6. The Morgan fingerprint density at radius 3 is 1.74 bits per heavy atom. The Hall–Kier alpha value is -3.49. The molecule has 3 aromatic carbocycles. The molecular formula is C22H14F6O3. The monoisotopic (exact) mass is 440 g/mol. The Morgan fingerprint density at radius 2 is 1.23 bits per heavy atom. The van der Waals surface area contributed by atoms with Crippen LogP contribution < -0.4 is 4.74 Å². The van der Waals surface area contributed by atoms with Crippen LogP contribution in [-0.4, -0.2) is 23.4 Å². The number of ether oxygens (including phenoxy) is 1. The van der Waals surface area contributed by atoms with Crippen LogP contribution in [0.4, 0.5) is 26.3 Å². The summed E-state index contributed by atoms with van der Waals surface area (Å²) in [5, 5.41) is 8.96. The van der Waals surface area contributed by atoms with Crippen LogP contribution in [0.15, 0.2) is 78.9 Å². The fraction of sp³-hybridized carbons (Fsp3) is 0.136. The number of hydrogen-bond donors (Lipinski definition) is 1. The highest BCUT2D eigenvalue weighted by molar-refractivity contribution is 5.87. The molecule has 9 heteroatoms. The minimum absolute atomic E-state index is 0.0504. The molecule has 0 heterocycles. The molecule has 31 heavy (non-hydrogen) atoms. The van der Waals surface area contributed by atoms with E-state index in [0.29, 0.717) is 30.3 Å². The number of carbonyl (C=O) groups is 1. The number of carboxylic acid groups (broad SMARTS) is 1. The van der Waals surface area contributed by atoms with Crippen molar-refractivity contribution >= 4 is 5.97 Å². The minimum atomic E-state index is -5.83. The Labute approximate surface area is 172 Å². The molecule has 0 saturated heterocycles. The van der Waals surface area contributed by atoms with E-state index in [-0.39, 0.29) is 5.75 Å². The number of para-hydroxylation sites is 2. The number of carboxylic acids is 1. The Kier molecular flexibility index (Phi) is 5.71. The summed E-state index contributed by atoms with van der Waals surface area (Å²) < 4.78 is 91.4. The summed E-state index contributed by atoms with van der Waals surface area (Å²) in [5.74, 6) is -2.07. The van der Waals surface area contributed by atoms with Crippen LogP contribution >= 0.6 is 0 Å². The molecule has 0 amide bonds. The zero-order valence-electron chi connectivity index (χ0n) is 15.5. The van der Waals surface area contributed by atoms with Gasteiger partial charge >= 0.3 is 18.3 Å². The van der Waals surface area contributed by atoms with E-state index in [4.69, 9.17) is 9.84 Å². The van der Waals surface area contributed by atoms with Crippen molar-refractivity contribution in [3.8, 4) is 11.5 Å².